The molecule has 2 aliphatic rings. The monoisotopic (exact) mass is 322 g/mol. The molecule has 122 valence electrons. The molecule has 0 atom stereocenters. The highest BCUT2D eigenvalue weighted by atomic mass is 14.1. The molecule has 0 heteroatoms. The molecule has 25 heavy (non-hydrogen) atoms. The van der Waals surface area contributed by atoms with Crippen LogP contribution in [0.2, 0.25) is 0 Å². The fourth-order valence-electron chi connectivity index (χ4n) is 3.92. The van der Waals surface area contributed by atoms with E-state index >= 15 is 0 Å². The summed E-state index contributed by atoms with van der Waals surface area (Å²) in [6, 6.07) is 4.55. The highest BCUT2D eigenvalue weighted by molar-refractivity contribution is 5.57. The number of hydrogen-bond acceptors (Lipinski definition) is 0. The van der Waals surface area contributed by atoms with Crippen molar-refractivity contribution in [2.75, 3.05) is 0 Å². The van der Waals surface area contributed by atoms with Gasteiger partial charge in [0.1, 0.15) is 5.56 Å². The molecular formula is C25H22. The largest absolute Gasteiger partial charge is 0.145 e. The fourth-order valence-corrected chi connectivity index (χ4v) is 3.92. The summed E-state index contributed by atoms with van der Waals surface area (Å²) in [5.74, 6) is 0. The van der Waals surface area contributed by atoms with Crippen molar-refractivity contribution in [2.45, 2.75) is 27.7 Å². The van der Waals surface area contributed by atoms with Crippen LogP contribution in [0, 0.1) is 40.5 Å². The molecule has 0 fully saturated rings. The average molecular weight is 322 g/mol. The molecule has 0 unspecified atom stereocenters. The first-order chi connectivity index (χ1) is 12.1. The quantitative estimate of drug-likeness (QED) is 0.654. The Kier molecular flexibility index (Phi) is 3.71. The Morgan fingerprint density at radius 1 is 0.800 bits per heavy atom. The summed E-state index contributed by atoms with van der Waals surface area (Å²) >= 11 is 0. The number of allylic oxidation sites excluding steroid dienone is 4. The highest BCUT2D eigenvalue weighted by Crippen LogP contribution is 2.10. The van der Waals surface area contributed by atoms with Crippen molar-refractivity contribution in [1.29, 1.82) is 0 Å². The number of rotatable bonds is 0. The summed E-state index contributed by atoms with van der Waals surface area (Å²) in [6.45, 7) is 8.75. The maximum atomic E-state index is 3.78. The van der Waals surface area contributed by atoms with Gasteiger partial charge < -0.3 is 0 Å². The molecule has 2 aromatic carbocycles. The molecule has 2 aliphatic carbocycles. The second-order valence-electron chi connectivity index (χ2n) is 6.99. The first-order valence-corrected chi connectivity index (χ1v) is 8.81. The van der Waals surface area contributed by atoms with Crippen LogP contribution in [-0.2, 0) is 0 Å². The van der Waals surface area contributed by atoms with Crippen LogP contribution in [-0.4, -0.2) is 0 Å². The SMILES string of the molecule is Cc1cc(C)c(=C=c2c(C)cc(C)c3c2=CC=C[CH-]3)c2c1[CH+]C=CC=2. The molecule has 0 amide bonds. The smallest absolute Gasteiger partial charge is 0.107 e. The van der Waals surface area contributed by atoms with E-state index in [0.29, 0.717) is 0 Å². The van der Waals surface area contributed by atoms with Crippen molar-refractivity contribution in [3.63, 3.8) is 0 Å². The number of fused-ring (bicyclic) bond motifs is 2. The van der Waals surface area contributed by atoms with Crippen LogP contribution in [0.25, 0.3) is 17.9 Å². The Morgan fingerprint density at radius 2 is 1.48 bits per heavy atom. The molecule has 0 saturated carbocycles. The van der Waals surface area contributed by atoms with Gasteiger partial charge in [0.15, 0.2) is 0 Å². The molecule has 0 radical (unpaired) electrons. The second kappa shape index (κ2) is 5.92. The normalized spacial score (nSPS) is 13.6. The lowest BCUT2D eigenvalue weighted by Gasteiger charge is -2.17. The van der Waals surface area contributed by atoms with Crippen molar-refractivity contribution in [2.24, 2.45) is 0 Å². The van der Waals surface area contributed by atoms with Crippen LogP contribution >= 0.6 is 0 Å². The first kappa shape index (κ1) is 15.7. The average Bonchev–Trinajstić information content (AvgIpc) is 2.61. The standard InChI is InChI=1S/C25H22/c1-16-13-18(3)24(22-11-7-5-9-20(16)22)15-25-19(4)14-17(2)21-10-6-8-12-23(21)25/h5-14H,1-4H3. The lowest BCUT2D eigenvalue weighted by molar-refractivity contribution is 1.23. The second-order valence-corrected chi connectivity index (χ2v) is 6.99. The molecular weight excluding hydrogens is 300 g/mol. The lowest BCUT2D eigenvalue weighted by Crippen LogP contribution is -2.37. The van der Waals surface area contributed by atoms with E-state index < -0.39 is 0 Å². The van der Waals surface area contributed by atoms with Crippen LogP contribution in [0.4, 0.5) is 0 Å². The van der Waals surface area contributed by atoms with E-state index in [1.54, 1.807) is 0 Å². The Labute approximate surface area is 149 Å². The highest BCUT2D eigenvalue weighted by Gasteiger charge is 2.12. The summed E-state index contributed by atoms with van der Waals surface area (Å²) in [5, 5.41) is 4.98. The van der Waals surface area contributed by atoms with Crippen molar-refractivity contribution < 1.29 is 0 Å². The topological polar surface area (TPSA) is 0 Å². The summed E-state index contributed by atoms with van der Waals surface area (Å²) in [5.41, 5.74) is 11.6. The summed E-state index contributed by atoms with van der Waals surface area (Å²) in [7, 11) is 0. The van der Waals surface area contributed by atoms with Gasteiger partial charge in [0.05, 0.1) is 10.4 Å². The molecule has 0 aliphatic heterocycles. The number of hydrogen-bond donors (Lipinski definition) is 0. The third kappa shape index (κ3) is 2.56. The van der Waals surface area contributed by atoms with E-state index in [9.17, 15) is 0 Å². The van der Waals surface area contributed by atoms with Gasteiger partial charge in [-0.2, -0.15) is 0 Å². The minimum Gasteiger partial charge on any atom is -0.145 e. The van der Waals surface area contributed by atoms with Gasteiger partial charge in [0.2, 0.25) is 0 Å². The van der Waals surface area contributed by atoms with Gasteiger partial charge >= 0.3 is 0 Å². The van der Waals surface area contributed by atoms with E-state index in [4.69, 9.17) is 0 Å². The first-order valence-electron chi connectivity index (χ1n) is 8.81. The maximum Gasteiger partial charge on any atom is 0.107 e. The van der Waals surface area contributed by atoms with Crippen molar-refractivity contribution in [1.82, 2.24) is 0 Å². The minimum atomic E-state index is 1.21. The Bertz CT molecular complexity index is 1100. The Balaban J connectivity index is 2.32. The maximum absolute atomic E-state index is 3.78. The zero-order valence-electron chi connectivity index (χ0n) is 15.3. The van der Waals surface area contributed by atoms with Crippen LogP contribution in [0.1, 0.15) is 33.4 Å². The molecule has 0 nitrogen and oxygen atoms in total. The van der Waals surface area contributed by atoms with E-state index in [0.717, 1.165) is 0 Å². The van der Waals surface area contributed by atoms with Gasteiger partial charge in [-0.15, -0.1) is 41.5 Å². The molecule has 0 heterocycles. The van der Waals surface area contributed by atoms with Crippen LogP contribution in [0.15, 0.2) is 36.4 Å². The van der Waals surface area contributed by atoms with Gasteiger partial charge in [-0.1, -0.05) is 23.8 Å². The number of aryl methyl sites for hydroxylation is 4. The minimum absolute atomic E-state index is 1.21. The molecule has 4 rings (SSSR count). The van der Waals surface area contributed by atoms with Gasteiger partial charge in [0.25, 0.3) is 0 Å². The van der Waals surface area contributed by atoms with E-state index in [-0.39, 0.29) is 0 Å². The summed E-state index contributed by atoms with van der Waals surface area (Å²) in [4.78, 5) is 0. The zero-order chi connectivity index (χ0) is 17.6. The van der Waals surface area contributed by atoms with Gasteiger partial charge in [-0.25, -0.2) is 0 Å². The fraction of sp³-hybridized carbons (Fsp3) is 0.160. The van der Waals surface area contributed by atoms with Gasteiger partial charge in [0, 0.05) is 30.2 Å². The lowest BCUT2D eigenvalue weighted by atomic mass is 9.93. The molecule has 0 bridgehead atoms. The molecule has 0 saturated heterocycles. The van der Waals surface area contributed by atoms with Crippen molar-refractivity contribution in [3.8, 4) is 0 Å². The zero-order valence-corrected chi connectivity index (χ0v) is 15.3. The molecule has 0 spiro atoms. The van der Waals surface area contributed by atoms with Crippen molar-refractivity contribution in [3.05, 3.63) is 104 Å². The summed E-state index contributed by atoms with van der Waals surface area (Å²) < 4.78 is 0. The van der Waals surface area contributed by atoms with E-state index in [1.807, 2.05) is 0 Å². The predicted octanol–water partition coefficient (Wildman–Crippen LogP) is 2.48. The van der Waals surface area contributed by atoms with Crippen LogP contribution in [0.3, 0.4) is 0 Å². The van der Waals surface area contributed by atoms with Crippen LogP contribution < -0.4 is 20.9 Å². The van der Waals surface area contributed by atoms with Gasteiger partial charge in [-0.3, -0.25) is 0 Å². The predicted molar refractivity (Wildman–Crippen MR) is 107 cm³/mol. The number of benzene rings is 2. The van der Waals surface area contributed by atoms with E-state index in [2.05, 4.69) is 94.9 Å². The van der Waals surface area contributed by atoms with Gasteiger partial charge in [-0.05, 0) is 37.6 Å². The Hall–Kier alpha value is -2.82. The van der Waals surface area contributed by atoms with Crippen molar-refractivity contribution >= 4 is 17.9 Å². The molecule has 0 N–H and O–H groups in total. The third-order valence-electron chi connectivity index (χ3n) is 5.15. The molecule has 2 aromatic rings. The van der Waals surface area contributed by atoms with E-state index in [1.165, 1.54) is 54.3 Å². The van der Waals surface area contributed by atoms with Crippen LogP contribution in [0.5, 0.6) is 0 Å². The third-order valence-corrected chi connectivity index (χ3v) is 5.15. The summed E-state index contributed by atoms with van der Waals surface area (Å²) in [6.07, 6.45) is 17.3. The Morgan fingerprint density at radius 3 is 2.28 bits per heavy atom. The molecule has 0 aromatic heterocycles.